The first-order valence-corrected chi connectivity index (χ1v) is 13.2. The summed E-state index contributed by atoms with van der Waals surface area (Å²) in [4.78, 5) is 32.2. The van der Waals surface area contributed by atoms with E-state index in [1.165, 1.54) is 16.7 Å². The van der Waals surface area contributed by atoms with Gasteiger partial charge in [0.1, 0.15) is 11.0 Å². The number of methoxy groups -OCH3 is 2. The molecule has 1 fully saturated rings. The van der Waals surface area contributed by atoms with Crippen molar-refractivity contribution in [3.63, 3.8) is 0 Å². The zero-order valence-electron chi connectivity index (χ0n) is 21.7. The zero-order valence-corrected chi connectivity index (χ0v) is 22.5. The molecule has 1 atom stereocenters. The molecule has 1 saturated heterocycles. The van der Waals surface area contributed by atoms with E-state index in [1.807, 2.05) is 55.5 Å². The molecule has 8 nitrogen and oxygen atoms in total. The molecule has 1 heterocycles. The van der Waals surface area contributed by atoms with Crippen LogP contribution in [0.1, 0.15) is 18.9 Å². The quantitative estimate of drug-likeness (QED) is 0.218. The lowest BCUT2D eigenvalue weighted by atomic mass is 10.1. The van der Waals surface area contributed by atoms with Crippen LogP contribution in [-0.4, -0.2) is 49.6 Å². The van der Waals surface area contributed by atoms with Gasteiger partial charge < -0.3 is 19.5 Å². The first kappa shape index (κ1) is 27.1. The highest BCUT2D eigenvalue weighted by Crippen LogP contribution is 2.32. The van der Waals surface area contributed by atoms with Crippen molar-refractivity contribution in [2.75, 3.05) is 37.6 Å². The predicted molar refractivity (Wildman–Crippen MR) is 152 cm³/mol. The maximum atomic E-state index is 13.3. The number of para-hydroxylation sites is 1. The van der Waals surface area contributed by atoms with Crippen molar-refractivity contribution in [1.29, 1.82) is 0 Å². The summed E-state index contributed by atoms with van der Waals surface area (Å²) in [7, 11) is 3.21. The second-order valence-corrected chi connectivity index (χ2v) is 9.62. The molecule has 38 heavy (non-hydrogen) atoms. The van der Waals surface area contributed by atoms with Crippen molar-refractivity contribution in [2.45, 2.75) is 25.0 Å². The van der Waals surface area contributed by atoms with Crippen LogP contribution in [0.3, 0.4) is 0 Å². The van der Waals surface area contributed by atoms with Crippen LogP contribution in [0, 0.1) is 0 Å². The molecule has 1 unspecified atom stereocenters. The number of nitrogens with zero attached hydrogens (tertiary/aromatic N) is 2. The molecule has 3 aromatic carbocycles. The van der Waals surface area contributed by atoms with Crippen LogP contribution in [0.5, 0.6) is 17.2 Å². The summed E-state index contributed by atoms with van der Waals surface area (Å²) >= 11 is 1.27. The van der Waals surface area contributed by atoms with Crippen LogP contribution < -0.4 is 24.4 Å². The van der Waals surface area contributed by atoms with E-state index in [4.69, 9.17) is 19.2 Å². The smallest absolute Gasteiger partial charge is 0.247 e. The Bertz CT molecular complexity index is 1300. The maximum Gasteiger partial charge on any atom is 0.247 e. The molecule has 0 aliphatic carbocycles. The predicted octanol–water partition coefficient (Wildman–Crippen LogP) is 5.18. The normalized spacial score (nSPS) is 15.5. The van der Waals surface area contributed by atoms with E-state index in [-0.39, 0.29) is 18.2 Å². The Morgan fingerprint density at radius 3 is 2.53 bits per heavy atom. The SMILES string of the molecule is CCOc1cccc(N2C(=O)CC(SC(=NCCc3ccc(OC)c(OC)c3)Nc3ccccc3)C2=O)c1. The van der Waals surface area contributed by atoms with Crippen LogP contribution in [0.15, 0.2) is 77.8 Å². The van der Waals surface area contributed by atoms with E-state index in [9.17, 15) is 9.59 Å². The van der Waals surface area contributed by atoms with Crippen LogP contribution in [0.4, 0.5) is 11.4 Å². The van der Waals surface area contributed by atoms with E-state index in [0.29, 0.717) is 47.7 Å². The number of thioether (sulfide) groups is 1. The molecule has 0 radical (unpaired) electrons. The fourth-order valence-corrected chi connectivity index (χ4v) is 5.10. The number of rotatable bonds is 10. The molecule has 9 heteroatoms. The van der Waals surface area contributed by atoms with Gasteiger partial charge >= 0.3 is 0 Å². The highest BCUT2D eigenvalue weighted by atomic mass is 32.2. The second kappa shape index (κ2) is 13.0. The highest BCUT2D eigenvalue weighted by molar-refractivity contribution is 8.15. The molecule has 198 valence electrons. The number of amidine groups is 1. The number of imide groups is 1. The lowest BCUT2D eigenvalue weighted by molar-refractivity contribution is -0.121. The third-order valence-corrected chi connectivity index (χ3v) is 6.98. The van der Waals surface area contributed by atoms with Crippen molar-refractivity contribution in [3.8, 4) is 17.2 Å². The molecule has 0 bridgehead atoms. The molecule has 2 amide bonds. The summed E-state index contributed by atoms with van der Waals surface area (Å²) < 4.78 is 16.3. The molecule has 1 aliphatic heterocycles. The van der Waals surface area contributed by atoms with Crippen LogP contribution in [0.25, 0.3) is 0 Å². The highest BCUT2D eigenvalue weighted by Gasteiger charge is 2.41. The maximum absolute atomic E-state index is 13.3. The number of hydrogen-bond acceptors (Lipinski definition) is 7. The van der Waals surface area contributed by atoms with Crippen molar-refractivity contribution in [1.82, 2.24) is 0 Å². The third kappa shape index (κ3) is 6.66. The van der Waals surface area contributed by atoms with Gasteiger partial charge in [-0.15, -0.1) is 0 Å². The van der Waals surface area contributed by atoms with Gasteiger partial charge in [-0.2, -0.15) is 0 Å². The summed E-state index contributed by atoms with van der Waals surface area (Å²) in [6, 6.07) is 22.4. The van der Waals surface area contributed by atoms with Gasteiger partial charge in [0, 0.05) is 24.7 Å². The number of aliphatic imine (C=N–C) groups is 1. The molecule has 0 saturated carbocycles. The zero-order chi connectivity index (χ0) is 26.9. The van der Waals surface area contributed by atoms with Gasteiger partial charge in [-0.05, 0) is 55.3 Å². The molecule has 4 rings (SSSR count). The van der Waals surface area contributed by atoms with Crippen molar-refractivity contribution >= 4 is 40.1 Å². The summed E-state index contributed by atoms with van der Waals surface area (Å²) in [5.74, 6) is 1.43. The number of carbonyl (C=O) groups is 2. The number of benzene rings is 3. The topological polar surface area (TPSA) is 89.5 Å². The summed E-state index contributed by atoms with van der Waals surface area (Å²) in [5, 5.41) is 3.30. The Morgan fingerprint density at radius 1 is 1.00 bits per heavy atom. The Hall–Kier alpha value is -3.98. The van der Waals surface area contributed by atoms with E-state index in [1.54, 1.807) is 38.5 Å². The number of amides is 2. The van der Waals surface area contributed by atoms with Gasteiger partial charge in [-0.25, -0.2) is 4.90 Å². The molecule has 1 aliphatic rings. The van der Waals surface area contributed by atoms with Gasteiger partial charge in [0.2, 0.25) is 11.8 Å². The molecular formula is C29H31N3O5S. The van der Waals surface area contributed by atoms with Gasteiger partial charge in [0.05, 0.1) is 26.5 Å². The lowest BCUT2D eigenvalue weighted by Crippen LogP contribution is -2.31. The monoisotopic (exact) mass is 533 g/mol. The van der Waals surface area contributed by atoms with Crippen molar-refractivity contribution in [2.24, 2.45) is 4.99 Å². The summed E-state index contributed by atoms with van der Waals surface area (Å²) in [6.07, 6.45) is 0.752. The van der Waals surface area contributed by atoms with E-state index in [0.717, 1.165) is 11.3 Å². The van der Waals surface area contributed by atoms with Crippen molar-refractivity contribution < 1.29 is 23.8 Å². The van der Waals surface area contributed by atoms with E-state index in [2.05, 4.69) is 5.32 Å². The minimum absolute atomic E-state index is 0.0908. The largest absolute Gasteiger partial charge is 0.494 e. The van der Waals surface area contributed by atoms with Crippen molar-refractivity contribution in [3.05, 3.63) is 78.4 Å². The number of carbonyl (C=O) groups excluding carboxylic acids is 2. The first-order chi connectivity index (χ1) is 18.5. The molecule has 0 spiro atoms. The molecular weight excluding hydrogens is 502 g/mol. The van der Waals surface area contributed by atoms with Gasteiger partial charge in [0.25, 0.3) is 0 Å². The number of ether oxygens (including phenoxy) is 3. The number of nitrogens with one attached hydrogen (secondary N) is 1. The summed E-state index contributed by atoms with van der Waals surface area (Å²) in [6.45, 7) is 2.86. The second-order valence-electron chi connectivity index (χ2n) is 8.43. The van der Waals surface area contributed by atoms with E-state index >= 15 is 0 Å². The molecule has 0 aromatic heterocycles. The lowest BCUT2D eigenvalue weighted by Gasteiger charge is -2.17. The fraction of sp³-hybridized carbons (Fsp3) is 0.276. The number of hydrogen-bond donors (Lipinski definition) is 1. The van der Waals surface area contributed by atoms with Crippen LogP contribution in [0.2, 0.25) is 0 Å². The van der Waals surface area contributed by atoms with Crippen LogP contribution in [-0.2, 0) is 16.0 Å². The number of anilines is 2. The van der Waals surface area contributed by atoms with E-state index < -0.39 is 5.25 Å². The fourth-order valence-electron chi connectivity index (χ4n) is 4.06. The standard InChI is InChI=1S/C29H31N3O5S/c1-4-37-23-12-8-11-22(18-23)32-27(33)19-26(28(32)34)38-29(31-21-9-6-5-7-10-21)30-16-15-20-13-14-24(35-2)25(17-20)36-3/h5-14,17-18,26H,4,15-16,19H2,1-3H3,(H,30,31). The average molecular weight is 534 g/mol. The van der Waals surface area contributed by atoms with Gasteiger partial charge in [-0.3, -0.25) is 14.6 Å². The average Bonchev–Trinajstić information content (AvgIpc) is 3.21. The Morgan fingerprint density at radius 2 is 1.79 bits per heavy atom. The third-order valence-electron chi connectivity index (χ3n) is 5.87. The Balaban J connectivity index is 1.50. The minimum atomic E-state index is -0.589. The van der Waals surface area contributed by atoms with Gasteiger partial charge in [-0.1, -0.05) is 42.1 Å². The molecule has 3 aromatic rings. The Labute approximate surface area is 227 Å². The van der Waals surface area contributed by atoms with Crippen LogP contribution >= 0.6 is 11.8 Å². The Kier molecular flexibility index (Phi) is 9.26. The summed E-state index contributed by atoms with van der Waals surface area (Å²) in [5.41, 5.74) is 2.41. The molecule has 1 N–H and O–H groups in total. The minimum Gasteiger partial charge on any atom is -0.494 e. The first-order valence-electron chi connectivity index (χ1n) is 12.4. The van der Waals surface area contributed by atoms with Gasteiger partial charge in [0.15, 0.2) is 16.7 Å².